The van der Waals surface area contributed by atoms with Gasteiger partial charge in [0, 0.05) is 25.0 Å². The Bertz CT molecular complexity index is 980. The van der Waals surface area contributed by atoms with E-state index in [1.807, 2.05) is 45.2 Å². The van der Waals surface area contributed by atoms with Crippen LogP contribution in [0.15, 0.2) is 36.7 Å². The number of rotatable bonds is 4. The summed E-state index contributed by atoms with van der Waals surface area (Å²) in [6.07, 6.45) is 3.43. The van der Waals surface area contributed by atoms with Crippen LogP contribution in [0.2, 0.25) is 0 Å². The van der Waals surface area contributed by atoms with E-state index in [1.165, 1.54) is 12.7 Å². The first-order chi connectivity index (χ1) is 12.1. The Morgan fingerprint density at radius 1 is 1.20 bits per heavy atom. The average Bonchev–Trinajstić information content (AvgIpc) is 3.20. The van der Waals surface area contributed by atoms with Crippen molar-refractivity contribution in [1.29, 1.82) is 5.26 Å². The normalized spacial score (nSPS) is 11.8. The van der Waals surface area contributed by atoms with Gasteiger partial charge in [0.05, 0.1) is 11.4 Å². The van der Waals surface area contributed by atoms with Gasteiger partial charge in [0.25, 0.3) is 0 Å². The Balaban J connectivity index is 2.14. The molecule has 0 radical (unpaired) electrons. The van der Waals surface area contributed by atoms with E-state index in [9.17, 15) is 5.26 Å². The van der Waals surface area contributed by atoms with Crippen LogP contribution in [-0.2, 0) is 11.7 Å². The van der Waals surface area contributed by atoms with Gasteiger partial charge in [-0.2, -0.15) is 15.5 Å². The molecule has 0 amide bonds. The van der Waals surface area contributed by atoms with Gasteiger partial charge in [-0.3, -0.25) is 9.67 Å². The van der Waals surface area contributed by atoms with Crippen molar-refractivity contribution < 1.29 is 4.65 Å². The molecule has 3 heterocycles. The molecule has 0 atom stereocenters. The molecule has 0 fully saturated rings. The highest BCUT2D eigenvalue weighted by Crippen LogP contribution is 2.27. The minimum absolute atomic E-state index is 0.288. The molecule has 3 aromatic rings. The molecule has 0 N–H and O–H groups in total. The molecule has 3 aromatic heterocycles. The fraction of sp³-hybridized carbons (Fsp3) is 0.176. The van der Waals surface area contributed by atoms with Crippen molar-refractivity contribution in [3.05, 3.63) is 53.6 Å². The van der Waals surface area contributed by atoms with Crippen molar-refractivity contribution in [3.8, 4) is 17.5 Å². The van der Waals surface area contributed by atoms with Crippen molar-refractivity contribution in [2.45, 2.75) is 13.8 Å². The number of allylic oxidation sites excluding steroid dienone is 1. The Hall–Kier alpha value is -3.34. The lowest BCUT2D eigenvalue weighted by atomic mass is 10.1. The van der Waals surface area contributed by atoms with E-state index in [0.717, 1.165) is 22.6 Å². The maximum atomic E-state index is 9.72. The zero-order chi connectivity index (χ0) is 18.0. The standard InChI is InChI=1S/C17H17BN6O/c1-11-12(2)21-23(3)16(11)17(25-18)15(10-19)24-9-7-14(22-24)13-6-4-5-8-20-13/h4-9H,18H2,1-3H3. The van der Waals surface area contributed by atoms with Gasteiger partial charge in [0.1, 0.15) is 17.5 Å². The summed E-state index contributed by atoms with van der Waals surface area (Å²) in [5, 5.41) is 18.6. The van der Waals surface area contributed by atoms with Crippen LogP contribution in [0.1, 0.15) is 17.0 Å². The second-order valence-corrected chi connectivity index (χ2v) is 5.54. The van der Waals surface area contributed by atoms with Crippen molar-refractivity contribution in [2.24, 2.45) is 7.05 Å². The minimum Gasteiger partial charge on any atom is -0.564 e. The average molecular weight is 332 g/mol. The van der Waals surface area contributed by atoms with Crippen LogP contribution in [0.4, 0.5) is 0 Å². The molecule has 3 rings (SSSR count). The summed E-state index contributed by atoms with van der Waals surface area (Å²) in [7, 11) is 3.36. The summed E-state index contributed by atoms with van der Waals surface area (Å²) in [5.74, 6) is 0.429. The van der Waals surface area contributed by atoms with Gasteiger partial charge in [0.2, 0.25) is 0 Å². The molecular formula is C17H17BN6O. The molecule has 124 valence electrons. The zero-order valence-corrected chi connectivity index (χ0v) is 14.6. The maximum Gasteiger partial charge on any atom is 0.322 e. The molecule has 0 saturated carbocycles. The molecule has 0 unspecified atom stereocenters. The number of aromatic nitrogens is 5. The minimum atomic E-state index is 0.288. The molecule has 7 nitrogen and oxygen atoms in total. The van der Waals surface area contributed by atoms with Gasteiger partial charge in [-0.15, -0.1) is 0 Å². The Morgan fingerprint density at radius 3 is 2.56 bits per heavy atom. The van der Waals surface area contributed by atoms with Gasteiger partial charge in [0.15, 0.2) is 11.5 Å². The summed E-state index contributed by atoms with van der Waals surface area (Å²) in [5.41, 5.74) is 4.32. The Kier molecular flexibility index (Phi) is 4.39. The van der Waals surface area contributed by atoms with E-state index in [2.05, 4.69) is 21.3 Å². The predicted molar refractivity (Wildman–Crippen MR) is 96.5 cm³/mol. The summed E-state index contributed by atoms with van der Waals surface area (Å²) in [6, 6.07) is 9.61. The van der Waals surface area contributed by atoms with Crippen LogP contribution in [-0.4, -0.2) is 32.6 Å². The second kappa shape index (κ2) is 6.65. The molecule has 25 heavy (non-hydrogen) atoms. The first-order valence-electron chi connectivity index (χ1n) is 7.73. The van der Waals surface area contributed by atoms with Gasteiger partial charge in [-0.05, 0) is 32.0 Å². The third kappa shape index (κ3) is 2.92. The number of aryl methyl sites for hydroxylation is 2. The maximum absolute atomic E-state index is 9.72. The van der Waals surface area contributed by atoms with Crippen LogP contribution in [0.5, 0.6) is 0 Å². The number of nitriles is 1. The molecule has 0 spiro atoms. The predicted octanol–water partition coefficient (Wildman–Crippen LogP) is 1.71. The van der Waals surface area contributed by atoms with Crippen LogP contribution >= 0.6 is 0 Å². The lowest BCUT2D eigenvalue weighted by molar-refractivity contribution is 0.555. The summed E-state index contributed by atoms with van der Waals surface area (Å²) in [4.78, 5) is 4.28. The van der Waals surface area contributed by atoms with Crippen LogP contribution in [0.25, 0.3) is 22.8 Å². The van der Waals surface area contributed by atoms with E-state index in [4.69, 9.17) is 4.65 Å². The number of hydrogen-bond donors (Lipinski definition) is 0. The highest BCUT2D eigenvalue weighted by atomic mass is 16.4. The molecule has 0 aliphatic rings. The molecular weight excluding hydrogens is 315 g/mol. The monoisotopic (exact) mass is 332 g/mol. The van der Waals surface area contributed by atoms with Gasteiger partial charge in [-0.1, -0.05) is 6.07 Å². The largest absolute Gasteiger partial charge is 0.564 e. The Labute approximate surface area is 146 Å². The molecule has 8 heteroatoms. The number of pyridine rings is 1. The van der Waals surface area contributed by atoms with E-state index in [1.54, 1.807) is 17.1 Å². The molecule has 0 bridgehead atoms. The number of nitrogens with zero attached hydrogens (tertiary/aromatic N) is 6. The van der Waals surface area contributed by atoms with Crippen molar-refractivity contribution >= 4 is 19.5 Å². The fourth-order valence-electron chi connectivity index (χ4n) is 2.69. The van der Waals surface area contributed by atoms with E-state index < -0.39 is 0 Å². The lowest BCUT2D eigenvalue weighted by Crippen LogP contribution is -2.07. The lowest BCUT2D eigenvalue weighted by Gasteiger charge is -2.12. The third-order valence-electron chi connectivity index (χ3n) is 4.01. The van der Waals surface area contributed by atoms with Gasteiger partial charge < -0.3 is 4.65 Å². The molecule has 0 aromatic carbocycles. The summed E-state index contributed by atoms with van der Waals surface area (Å²) >= 11 is 0. The first kappa shape index (κ1) is 16.5. The fourth-order valence-corrected chi connectivity index (χ4v) is 2.69. The zero-order valence-electron chi connectivity index (χ0n) is 14.6. The molecule has 0 aliphatic heterocycles. The second-order valence-electron chi connectivity index (χ2n) is 5.54. The summed E-state index contributed by atoms with van der Waals surface area (Å²) in [6.45, 7) is 3.87. The Morgan fingerprint density at radius 2 is 2.00 bits per heavy atom. The van der Waals surface area contributed by atoms with Crippen LogP contribution < -0.4 is 0 Å². The van der Waals surface area contributed by atoms with Crippen molar-refractivity contribution in [2.75, 3.05) is 0 Å². The topological polar surface area (TPSA) is 81.6 Å². The SMILES string of the molecule is BOC(=C(C#N)n1ccc(-c2ccccn2)n1)c1c(C)c(C)nn1C. The first-order valence-corrected chi connectivity index (χ1v) is 7.73. The quantitative estimate of drug-likeness (QED) is 0.413. The summed E-state index contributed by atoms with van der Waals surface area (Å²) < 4.78 is 8.77. The molecule has 0 aliphatic carbocycles. The highest BCUT2D eigenvalue weighted by molar-refractivity contribution is 6.04. The van der Waals surface area contributed by atoms with Gasteiger partial charge in [-0.25, -0.2) is 4.68 Å². The van der Waals surface area contributed by atoms with Crippen molar-refractivity contribution in [3.63, 3.8) is 0 Å². The van der Waals surface area contributed by atoms with Crippen LogP contribution in [0, 0.1) is 25.2 Å². The molecule has 0 saturated heterocycles. The van der Waals surface area contributed by atoms with Crippen molar-refractivity contribution in [1.82, 2.24) is 24.5 Å². The number of hydrogen-bond acceptors (Lipinski definition) is 5. The highest BCUT2D eigenvalue weighted by Gasteiger charge is 2.20. The van der Waals surface area contributed by atoms with Gasteiger partial charge >= 0.3 is 8.05 Å². The smallest absolute Gasteiger partial charge is 0.322 e. The van der Waals surface area contributed by atoms with E-state index >= 15 is 0 Å². The van der Waals surface area contributed by atoms with E-state index in [0.29, 0.717) is 11.5 Å². The third-order valence-corrected chi connectivity index (χ3v) is 4.01. The van der Waals surface area contributed by atoms with E-state index in [-0.39, 0.29) is 5.70 Å². The van der Waals surface area contributed by atoms with Crippen LogP contribution in [0.3, 0.4) is 0 Å².